The summed E-state index contributed by atoms with van der Waals surface area (Å²) in [5.74, 6) is 0.750. The van der Waals surface area contributed by atoms with Gasteiger partial charge in [0.05, 0.1) is 30.7 Å². The van der Waals surface area contributed by atoms with Gasteiger partial charge in [-0.25, -0.2) is 0 Å². The van der Waals surface area contributed by atoms with Crippen LogP contribution in [0.2, 0.25) is 0 Å². The first-order valence-corrected chi connectivity index (χ1v) is 9.71. The SMILES string of the molecule is CN=C(NCc1c(C)nn(CCOC)c1C)N1CCN(c2cnn(C)c2)C(=O)C1. The predicted molar refractivity (Wildman–Crippen MR) is 111 cm³/mol. The zero-order valence-electron chi connectivity index (χ0n) is 17.8. The third-order valence-electron chi connectivity index (χ3n) is 5.20. The first-order chi connectivity index (χ1) is 13.9. The largest absolute Gasteiger partial charge is 0.383 e. The quantitative estimate of drug-likeness (QED) is 0.552. The number of carbonyl (C=O) groups is 1. The van der Waals surface area contributed by atoms with Crippen LogP contribution in [0.5, 0.6) is 0 Å². The van der Waals surface area contributed by atoms with Crippen LogP contribution in [0.3, 0.4) is 0 Å². The molecule has 0 bridgehead atoms. The molecule has 10 nitrogen and oxygen atoms in total. The van der Waals surface area contributed by atoms with Crippen LogP contribution in [0.4, 0.5) is 5.69 Å². The number of aromatic nitrogens is 4. The number of piperazine rings is 1. The fraction of sp³-hybridized carbons (Fsp3) is 0.579. The molecular weight excluding hydrogens is 372 g/mol. The molecule has 0 radical (unpaired) electrons. The van der Waals surface area contributed by atoms with Gasteiger partial charge in [0, 0.05) is 58.3 Å². The summed E-state index contributed by atoms with van der Waals surface area (Å²) >= 11 is 0. The van der Waals surface area contributed by atoms with Crippen molar-refractivity contribution >= 4 is 17.6 Å². The van der Waals surface area contributed by atoms with Crippen molar-refractivity contribution in [3.8, 4) is 0 Å². The lowest BCUT2D eigenvalue weighted by atomic mass is 10.2. The molecule has 2 aromatic heterocycles. The molecule has 1 N–H and O–H groups in total. The van der Waals surface area contributed by atoms with Gasteiger partial charge < -0.3 is 19.9 Å². The Balaban J connectivity index is 1.62. The second-order valence-electron chi connectivity index (χ2n) is 7.11. The van der Waals surface area contributed by atoms with Crippen molar-refractivity contribution < 1.29 is 9.53 Å². The van der Waals surface area contributed by atoms with Gasteiger partial charge in [0.15, 0.2) is 5.96 Å². The fourth-order valence-electron chi connectivity index (χ4n) is 3.56. The summed E-state index contributed by atoms with van der Waals surface area (Å²) < 4.78 is 8.82. The molecule has 10 heteroatoms. The average Bonchev–Trinajstić information content (AvgIpc) is 3.24. The van der Waals surface area contributed by atoms with Gasteiger partial charge in [-0.1, -0.05) is 0 Å². The minimum Gasteiger partial charge on any atom is -0.383 e. The van der Waals surface area contributed by atoms with Gasteiger partial charge in [-0.05, 0) is 13.8 Å². The molecule has 2 aromatic rings. The van der Waals surface area contributed by atoms with Gasteiger partial charge in [-0.2, -0.15) is 10.2 Å². The van der Waals surface area contributed by atoms with E-state index in [0.717, 1.165) is 29.2 Å². The van der Waals surface area contributed by atoms with E-state index < -0.39 is 0 Å². The molecule has 0 aromatic carbocycles. The molecule has 1 saturated heterocycles. The lowest BCUT2D eigenvalue weighted by molar-refractivity contribution is -0.120. The van der Waals surface area contributed by atoms with Crippen LogP contribution in [0.15, 0.2) is 17.4 Å². The maximum atomic E-state index is 12.7. The van der Waals surface area contributed by atoms with E-state index in [9.17, 15) is 4.79 Å². The van der Waals surface area contributed by atoms with Crippen molar-refractivity contribution in [3.63, 3.8) is 0 Å². The minimum atomic E-state index is 0.0342. The molecule has 0 unspecified atom stereocenters. The Labute approximate surface area is 171 Å². The Morgan fingerprint density at radius 1 is 1.34 bits per heavy atom. The molecule has 1 aliphatic heterocycles. The highest BCUT2D eigenvalue weighted by atomic mass is 16.5. The normalized spacial score (nSPS) is 15.3. The Morgan fingerprint density at radius 3 is 2.76 bits per heavy atom. The summed E-state index contributed by atoms with van der Waals surface area (Å²) in [5, 5.41) is 12.1. The standard InChI is InChI=1S/C19H30N8O2/c1-14-17(15(2)27(23-14)8-9-29-5)11-21-19(20-3)25-6-7-26(18(28)13-25)16-10-22-24(4)12-16/h10,12H,6-9,11,13H2,1-5H3,(H,20,21). The first-order valence-electron chi connectivity index (χ1n) is 9.71. The summed E-state index contributed by atoms with van der Waals surface area (Å²) in [5.41, 5.74) is 4.07. The minimum absolute atomic E-state index is 0.0342. The Morgan fingerprint density at radius 2 is 2.14 bits per heavy atom. The summed E-state index contributed by atoms with van der Waals surface area (Å²) in [6.45, 7) is 7.60. The number of methoxy groups -OCH3 is 1. The third kappa shape index (κ3) is 4.58. The van der Waals surface area contributed by atoms with E-state index >= 15 is 0 Å². The molecule has 0 atom stereocenters. The Bertz CT molecular complexity index is 885. The summed E-state index contributed by atoms with van der Waals surface area (Å²) in [6.07, 6.45) is 3.57. The van der Waals surface area contributed by atoms with Crippen LogP contribution in [-0.2, 0) is 29.7 Å². The second-order valence-corrected chi connectivity index (χ2v) is 7.11. The van der Waals surface area contributed by atoms with Gasteiger partial charge in [0.2, 0.25) is 5.91 Å². The molecule has 0 spiro atoms. The molecule has 1 aliphatic rings. The molecule has 3 heterocycles. The number of hydrogen-bond donors (Lipinski definition) is 1. The second kappa shape index (κ2) is 9.08. The molecule has 0 saturated carbocycles. The van der Waals surface area contributed by atoms with Crippen molar-refractivity contribution in [2.75, 3.05) is 45.3 Å². The van der Waals surface area contributed by atoms with E-state index in [1.54, 1.807) is 29.9 Å². The van der Waals surface area contributed by atoms with E-state index in [4.69, 9.17) is 4.74 Å². The lowest BCUT2D eigenvalue weighted by Gasteiger charge is -2.35. The van der Waals surface area contributed by atoms with Crippen LogP contribution in [0, 0.1) is 13.8 Å². The number of ether oxygens (including phenoxy) is 1. The monoisotopic (exact) mass is 402 g/mol. The fourth-order valence-corrected chi connectivity index (χ4v) is 3.56. The van der Waals surface area contributed by atoms with Gasteiger partial charge in [0.1, 0.15) is 6.54 Å². The summed E-state index contributed by atoms with van der Waals surface area (Å²) in [7, 11) is 5.27. The van der Waals surface area contributed by atoms with E-state index in [1.165, 1.54) is 0 Å². The van der Waals surface area contributed by atoms with Crippen LogP contribution < -0.4 is 10.2 Å². The van der Waals surface area contributed by atoms with E-state index in [0.29, 0.717) is 32.2 Å². The van der Waals surface area contributed by atoms with Crippen molar-refractivity contribution in [1.29, 1.82) is 0 Å². The van der Waals surface area contributed by atoms with Crippen LogP contribution in [0.1, 0.15) is 17.0 Å². The number of amides is 1. The third-order valence-corrected chi connectivity index (χ3v) is 5.20. The lowest BCUT2D eigenvalue weighted by Crippen LogP contribution is -2.55. The first kappa shape index (κ1) is 20.8. The molecule has 3 rings (SSSR count). The number of hydrogen-bond acceptors (Lipinski definition) is 5. The molecule has 1 fully saturated rings. The Hall–Kier alpha value is -2.88. The van der Waals surface area contributed by atoms with Crippen LogP contribution in [-0.4, -0.2) is 76.7 Å². The van der Waals surface area contributed by atoms with Gasteiger partial charge in [-0.3, -0.25) is 19.2 Å². The van der Waals surface area contributed by atoms with E-state index in [-0.39, 0.29) is 12.5 Å². The molecule has 158 valence electrons. The Kier molecular flexibility index (Phi) is 6.53. The van der Waals surface area contributed by atoms with Crippen molar-refractivity contribution in [3.05, 3.63) is 29.3 Å². The smallest absolute Gasteiger partial charge is 0.246 e. The highest BCUT2D eigenvalue weighted by Crippen LogP contribution is 2.17. The highest BCUT2D eigenvalue weighted by molar-refractivity contribution is 5.98. The number of aryl methyl sites for hydroxylation is 2. The van der Waals surface area contributed by atoms with Crippen molar-refractivity contribution in [1.82, 2.24) is 29.8 Å². The van der Waals surface area contributed by atoms with E-state index in [1.807, 2.05) is 29.7 Å². The predicted octanol–water partition coefficient (Wildman–Crippen LogP) is 0.304. The molecule has 0 aliphatic carbocycles. The number of guanidine groups is 1. The topological polar surface area (TPSA) is 92.8 Å². The maximum Gasteiger partial charge on any atom is 0.246 e. The van der Waals surface area contributed by atoms with E-state index in [2.05, 4.69) is 27.4 Å². The number of rotatable bonds is 6. The van der Waals surface area contributed by atoms with Crippen LogP contribution >= 0.6 is 0 Å². The molecular formula is C19H30N8O2. The zero-order chi connectivity index (χ0) is 21.0. The molecule has 1 amide bonds. The number of nitrogens with one attached hydrogen (secondary N) is 1. The number of anilines is 1. The van der Waals surface area contributed by atoms with Crippen molar-refractivity contribution in [2.45, 2.75) is 26.9 Å². The average molecular weight is 403 g/mol. The number of nitrogens with zero attached hydrogens (tertiary/aromatic N) is 7. The molecule has 29 heavy (non-hydrogen) atoms. The summed E-state index contributed by atoms with van der Waals surface area (Å²) in [4.78, 5) is 20.8. The van der Waals surface area contributed by atoms with Crippen molar-refractivity contribution in [2.24, 2.45) is 12.0 Å². The summed E-state index contributed by atoms with van der Waals surface area (Å²) in [6, 6.07) is 0. The maximum absolute atomic E-state index is 12.7. The van der Waals surface area contributed by atoms with Gasteiger partial charge in [0.25, 0.3) is 0 Å². The number of aliphatic imine (C=N–C) groups is 1. The van der Waals surface area contributed by atoms with Gasteiger partial charge >= 0.3 is 0 Å². The van der Waals surface area contributed by atoms with Crippen LogP contribution in [0.25, 0.3) is 0 Å². The number of carbonyl (C=O) groups excluding carboxylic acids is 1. The highest BCUT2D eigenvalue weighted by Gasteiger charge is 2.27. The van der Waals surface area contributed by atoms with Gasteiger partial charge in [-0.15, -0.1) is 0 Å². The zero-order valence-corrected chi connectivity index (χ0v) is 17.8.